The van der Waals surface area contributed by atoms with Crippen LogP contribution in [0.5, 0.6) is 0 Å². The van der Waals surface area contributed by atoms with Gasteiger partial charge in [-0.2, -0.15) is 0 Å². The average molecular weight is 574 g/mol. The summed E-state index contributed by atoms with van der Waals surface area (Å²) in [5, 5.41) is 5.58. The van der Waals surface area contributed by atoms with Crippen molar-refractivity contribution in [1.82, 2.24) is 0 Å². The van der Waals surface area contributed by atoms with Crippen LogP contribution in [-0.2, 0) is 35.1 Å². The van der Waals surface area contributed by atoms with Crippen LogP contribution in [0, 0.1) is 0 Å². The molecule has 4 rings (SSSR count). The molecular weight excluding hydrogens is 534 g/mol. The maximum absolute atomic E-state index is 2.45. The molecule has 0 bridgehead atoms. The van der Waals surface area contributed by atoms with E-state index in [1.54, 1.807) is 24.2 Å². The van der Waals surface area contributed by atoms with Gasteiger partial charge in [0, 0.05) is 0 Å². The molecule has 3 aromatic carbocycles. The molecule has 0 radical (unpaired) electrons. The van der Waals surface area contributed by atoms with Gasteiger partial charge in [-0.05, 0) is 23.7 Å². The first-order valence-corrected chi connectivity index (χ1v) is 13.1. The molecule has 0 aromatic heterocycles. The second-order valence-corrected chi connectivity index (χ2v) is 13.8. The Balaban J connectivity index is 0.000000895. The maximum Gasteiger partial charge on any atom is -1.00 e. The van der Waals surface area contributed by atoms with Crippen molar-refractivity contribution in [3.63, 3.8) is 0 Å². The van der Waals surface area contributed by atoms with Gasteiger partial charge in [0.2, 0.25) is 0 Å². The largest absolute Gasteiger partial charge is 1.00 e. The maximum atomic E-state index is 2.45. The second kappa shape index (κ2) is 11.9. The summed E-state index contributed by atoms with van der Waals surface area (Å²) < 4.78 is 1.51. The molecule has 0 atom stereocenters. The first kappa shape index (κ1) is 31.2. The zero-order chi connectivity index (χ0) is 23.8. The molecule has 0 N–H and O–H groups in total. The van der Waals surface area contributed by atoms with Gasteiger partial charge in [-0.1, -0.05) is 113 Å². The van der Waals surface area contributed by atoms with Gasteiger partial charge < -0.3 is 24.8 Å². The van der Waals surface area contributed by atoms with Crippen LogP contribution in [0.4, 0.5) is 0 Å². The Morgan fingerprint density at radius 2 is 1.50 bits per heavy atom. The summed E-state index contributed by atoms with van der Waals surface area (Å²) in [6, 6.07) is 14.2. The summed E-state index contributed by atoms with van der Waals surface area (Å²) in [7, 11) is 0. The van der Waals surface area contributed by atoms with Gasteiger partial charge in [-0.3, -0.25) is 0 Å². The number of hydrogen-bond donors (Lipinski definition) is 0. The van der Waals surface area contributed by atoms with Crippen molar-refractivity contribution in [2.45, 2.75) is 86.0 Å². The van der Waals surface area contributed by atoms with E-state index < -0.39 is 0 Å². The number of hydrogen-bond acceptors (Lipinski definition) is 0. The van der Waals surface area contributed by atoms with Crippen molar-refractivity contribution < 1.29 is 49.0 Å². The van der Waals surface area contributed by atoms with Crippen molar-refractivity contribution in [2.24, 2.45) is 0 Å². The van der Waals surface area contributed by atoms with E-state index in [9.17, 15) is 0 Å². The molecule has 182 valence electrons. The molecular formula is C31H39Cl2Zr-. The Morgan fingerprint density at radius 3 is 2.03 bits per heavy atom. The van der Waals surface area contributed by atoms with Gasteiger partial charge >= 0.3 is 41.3 Å². The van der Waals surface area contributed by atoms with E-state index in [1.165, 1.54) is 52.6 Å². The van der Waals surface area contributed by atoms with E-state index in [2.05, 4.69) is 111 Å². The third kappa shape index (κ3) is 6.66. The average Bonchev–Trinajstić information content (AvgIpc) is 3.28. The predicted octanol–water partition coefficient (Wildman–Crippen LogP) is 3.18. The Hall–Kier alpha value is -0.877. The van der Waals surface area contributed by atoms with Crippen molar-refractivity contribution in [3.05, 3.63) is 70.8 Å². The van der Waals surface area contributed by atoms with Crippen molar-refractivity contribution in [2.75, 3.05) is 0 Å². The van der Waals surface area contributed by atoms with E-state index in [0.29, 0.717) is 0 Å². The van der Waals surface area contributed by atoms with Crippen molar-refractivity contribution in [3.8, 4) is 0 Å². The van der Waals surface area contributed by atoms with Gasteiger partial charge in [0.05, 0.1) is 0 Å². The zero-order valence-electron chi connectivity index (χ0n) is 22.3. The van der Waals surface area contributed by atoms with Gasteiger partial charge in [0.25, 0.3) is 0 Å². The first-order valence-electron chi connectivity index (χ1n) is 11.9. The number of fused-ring (bicyclic) bond motifs is 3. The SMILES string of the molecule is CCC1=C(c2c(C(C)(C)C)ccc3c2[cH-]c2cc(C(C)(C)C)ccc23)CC=C1.C[C](C)=[Zr+2].[Cl-].[Cl-]. The van der Waals surface area contributed by atoms with Crippen LogP contribution in [-0.4, -0.2) is 3.21 Å². The van der Waals surface area contributed by atoms with Gasteiger partial charge in [0.15, 0.2) is 0 Å². The number of allylic oxidation sites excluding steroid dienone is 4. The van der Waals surface area contributed by atoms with Gasteiger partial charge in [-0.15, -0.1) is 33.7 Å². The van der Waals surface area contributed by atoms with E-state index in [4.69, 9.17) is 0 Å². The van der Waals surface area contributed by atoms with E-state index in [-0.39, 0.29) is 35.6 Å². The normalized spacial score (nSPS) is 13.5. The summed E-state index contributed by atoms with van der Waals surface area (Å²) in [5.74, 6) is 0. The number of halogens is 2. The van der Waals surface area contributed by atoms with Crippen LogP contribution in [0.3, 0.4) is 0 Å². The first-order chi connectivity index (χ1) is 14.8. The third-order valence-corrected chi connectivity index (χ3v) is 6.27. The number of benzene rings is 2. The van der Waals surface area contributed by atoms with Crippen LogP contribution < -0.4 is 24.8 Å². The molecule has 0 saturated heterocycles. The van der Waals surface area contributed by atoms with Crippen LogP contribution in [0.1, 0.15) is 91.8 Å². The smallest absolute Gasteiger partial charge is 1.00 e. The molecule has 0 nitrogen and oxygen atoms in total. The fraction of sp³-hybridized carbons (Fsp3) is 0.419. The molecule has 1 aliphatic carbocycles. The summed E-state index contributed by atoms with van der Waals surface area (Å²) in [4.78, 5) is 0. The third-order valence-electron chi connectivity index (χ3n) is 6.27. The molecule has 0 amide bonds. The van der Waals surface area contributed by atoms with E-state index in [0.717, 1.165) is 12.8 Å². The van der Waals surface area contributed by atoms with E-state index >= 15 is 0 Å². The minimum atomic E-state index is 0. The second-order valence-electron chi connectivity index (χ2n) is 11.4. The molecule has 0 saturated carbocycles. The fourth-order valence-electron chi connectivity index (χ4n) is 4.65. The Kier molecular flexibility index (Phi) is 10.9. The summed E-state index contributed by atoms with van der Waals surface area (Å²) >= 11 is 1.55. The fourth-order valence-corrected chi connectivity index (χ4v) is 4.65. The molecule has 3 aromatic rings. The summed E-state index contributed by atoms with van der Waals surface area (Å²) in [6.45, 7) is 20.4. The predicted molar refractivity (Wildman–Crippen MR) is 142 cm³/mol. The quantitative estimate of drug-likeness (QED) is 0.414. The van der Waals surface area contributed by atoms with Gasteiger partial charge in [-0.25, -0.2) is 0 Å². The van der Waals surface area contributed by atoms with Crippen LogP contribution >= 0.6 is 0 Å². The van der Waals surface area contributed by atoms with E-state index in [1.807, 2.05) is 0 Å². The van der Waals surface area contributed by atoms with Crippen molar-refractivity contribution >= 4 is 30.3 Å². The molecule has 0 spiro atoms. The number of rotatable bonds is 2. The molecule has 0 heterocycles. The molecule has 34 heavy (non-hydrogen) atoms. The zero-order valence-corrected chi connectivity index (χ0v) is 26.3. The van der Waals surface area contributed by atoms with Gasteiger partial charge in [0.1, 0.15) is 0 Å². The minimum absolute atomic E-state index is 0. The summed E-state index contributed by atoms with van der Waals surface area (Å²) in [6.07, 6.45) is 6.82. The van der Waals surface area contributed by atoms with Crippen molar-refractivity contribution in [1.29, 1.82) is 0 Å². The Morgan fingerprint density at radius 1 is 0.912 bits per heavy atom. The van der Waals surface area contributed by atoms with Crippen LogP contribution in [0.15, 0.2) is 54.1 Å². The molecule has 0 aliphatic heterocycles. The topological polar surface area (TPSA) is 0 Å². The molecule has 3 heteroatoms. The summed E-state index contributed by atoms with van der Waals surface area (Å²) in [5.41, 5.74) is 7.69. The standard InChI is InChI=1S/C28H33.C3H6.2ClH.Zr/c1-8-18-10-9-11-22(18)26-24-17-19-16-20(27(2,3)4)12-13-21(19)23(24)14-15-25(26)28(5,6)7;1-3-2;;;/h9-10,12-17H,8,11H2,1-7H3;1-2H3;2*1H;/q-1;;;;+2/p-2. The molecule has 0 unspecified atom stereocenters. The van der Waals surface area contributed by atoms with Crippen LogP contribution in [0.25, 0.3) is 27.1 Å². The molecule has 1 aliphatic rings. The molecule has 0 fully saturated rings. The minimum Gasteiger partial charge on any atom is -1.00 e. The Labute approximate surface area is 234 Å². The monoisotopic (exact) mass is 571 g/mol. The Bertz CT molecular complexity index is 1220. The van der Waals surface area contributed by atoms with Crippen LogP contribution in [0.2, 0.25) is 0 Å².